The summed E-state index contributed by atoms with van der Waals surface area (Å²) in [4.78, 5) is 10.7. The van der Waals surface area contributed by atoms with Gasteiger partial charge in [-0.2, -0.15) is 0 Å². The summed E-state index contributed by atoms with van der Waals surface area (Å²) in [7, 11) is 0. The van der Waals surface area contributed by atoms with E-state index in [1.54, 1.807) is 0 Å². The molecule has 0 saturated carbocycles. The molecule has 3 nitrogen and oxygen atoms in total. The second-order valence-corrected chi connectivity index (χ2v) is 17.3. The van der Waals surface area contributed by atoms with Gasteiger partial charge in [-0.25, -0.2) is 9.97 Å². The van der Waals surface area contributed by atoms with Gasteiger partial charge in [-0.15, -0.1) is 0 Å². The summed E-state index contributed by atoms with van der Waals surface area (Å²) in [5, 5.41) is 8.57. The highest BCUT2D eigenvalue weighted by Crippen LogP contribution is 2.41. The highest BCUT2D eigenvalue weighted by atomic mass is 16.3. The maximum atomic E-state index is 6.80. The van der Waals surface area contributed by atoms with Crippen LogP contribution in [0.4, 0.5) is 0 Å². The lowest BCUT2D eigenvalue weighted by Crippen LogP contribution is -1.94. The Morgan fingerprint density at radius 1 is 0.239 bits per heavy atom. The lowest BCUT2D eigenvalue weighted by Gasteiger charge is -2.13. The number of hydrogen-bond acceptors (Lipinski definition) is 3. The molecular weight excluding hydrogens is 813 g/mol. The molecule has 11 aromatic carbocycles. The average Bonchev–Trinajstić information content (AvgIpc) is 3.79. The standard InChI is InChI=1S/C64H40N2O/c1-3-15-41(16-4-1)43-19-11-22-46(35-43)50-32-34-60-59(40-50)62-63(67-60)61(65-64(66-62)52-26-14-20-44(38-52)42-17-5-2-6-18-42)51-25-13-24-48(37-51)45-21-12-23-47(36-45)49-31-33-57-55-29-8-7-27-53(55)54-28-9-10-30-56(54)58(57)39-49/h1-40H. The van der Waals surface area contributed by atoms with Crippen LogP contribution < -0.4 is 0 Å². The topological polar surface area (TPSA) is 38.9 Å². The first kappa shape index (κ1) is 38.5. The number of furan rings is 1. The lowest BCUT2D eigenvalue weighted by molar-refractivity contribution is 0.667. The quantitative estimate of drug-likeness (QED) is 0.150. The van der Waals surface area contributed by atoms with Crippen LogP contribution in [0, 0.1) is 0 Å². The SMILES string of the molecule is c1ccc(-c2cccc(-c3ccc4oc5c(-c6cccc(-c7cccc(-c8ccc9c%10ccccc%10c%10ccccc%10c9c8)c7)c6)nc(-c6cccc(-c7ccccc7)c6)nc5c4c3)c2)cc1. The molecule has 13 aromatic rings. The van der Waals surface area contributed by atoms with Crippen LogP contribution in [-0.4, -0.2) is 9.97 Å². The Bertz CT molecular complexity index is 4000. The van der Waals surface area contributed by atoms with E-state index in [1.807, 2.05) is 6.07 Å². The second-order valence-electron chi connectivity index (χ2n) is 17.3. The molecule has 67 heavy (non-hydrogen) atoms. The zero-order chi connectivity index (χ0) is 44.3. The summed E-state index contributed by atoms with van der Waals surface area (Å²) in [6.45, 7) is 0. The zero-order valence-corrected chi connectivity index (χ0v) is 36.4. The van der Waals surface area contributed by atoms with Crippen molar-refractivity contribution in [3.63, 3.8) is 0 Å². The van der Waals surface area contributed by atoms with Gasteiger partial charge in [0.25, 0.3) is 0 Å². The molecule has 0 aliphatic heterocycles. The predicted octanol–water partition coefficient (Wildman–Crippen LogP) is 17.5. The van der Waals surface area contributed by atoms with Crippen LogP contribution in [0.15, 0.2) is 247 Å². The van der Waals surface area contributed by atoms with E-state index in [1.165, 1.54) is 49.0 Å². The third-order valence-electron chi connectivity index (χ3n) is 13.3. The molecule has 0 unspecified atom stereocenters. The van der Waals surface area contributed by atoms with Crippen molar-refractivity contribution in [1.82, 2.24) is 9.97 Å². The van der Waals surface area contributed by atoms with E-state index in [0.717, 1.165) is 72.3 Å². The molecule has 0 spiro atoms. The van der Waals surface area contributed by atoms with Gasteiger partial charge in [-0.1, -0.05) is 200 Å². The van der Waals surface area contributed by atoms with Gasteiger partial charge in [0, 0.05) is 16.5 Å². The van der Waals surface area contributed by atoms with Crippen molar-refractivity contribution >= 4 is 54.4 Å². The van der Waals surface area contributed by atoms with Gasteiger partial charge < -0.3 is 4.42 Å². The minimum Gasteiger partial charge on any atom is -0.452 e. The zero-order valence-electron chi connectivity index (χ0n) is 36.4. The van der Waals surface area contributed by atoms with E-state index >= 15 is 0 Å². The summed E-state index contributed by atoms with van der Waals surface area (Å²) < 4.78 is 6.80. The molecule has 3 heteroatoms. The third kappa shape index (κ3) is 6.84. The summed E-state index contributed by atoms with van der Waals surface area (Å²) >= 11 is 0. The van der Waals surface area contributed by atoms with Crippen LogP contribution in [0.25, 0.3) is 133 Å². The summed E-state index contributed by atoms with van der Waals surface area (Å²) in [5.74, 6) is 0.642. The average molecular weight is 853 g/mol. The molecule has 2 heterocycles. The molecule has 0 aliphatic rings. The normalized spacial score (nSPS) is 11.6. The van der Waals surface area contributed by atoms with Crippen molar-refractivity contribution in [3.05, 3.63) is 243 Å². The Morgan fingerprint density at radius 2 is 0.612 bits per heavy atom. The largest absolute Gasteiger partial charge is 0.452 e. The number of hydrogen-bond donors (Lipinski definition) is 0. The Kier molecular flexibility index (Phi) is 9.17. The van der Waals surface area contributed by atoms with Crippen molar-refractivity contribution < 1.29 is 4.42 Å². The first-order valence-electron chi connectivity index (χ1n) is 22.8. The van der Waals surface area contributed by atoms with E-state index in [-0.39, 0.29) is 0 Å². The van der Waals surface area contributed by atoms with Crippen molar-refractivity contribution in [3.8, 4) is 78.3 Å². The Hall–Kier alpha value is -8.92. The van der Waals surface area contributed by atoms with E-state index < -0.39 is 0 Å². The van der Waals surface area contributed by atoms with Crippen LogP contribution in [-0.2, 0) is 0 Å². The molecule has 0 amide bonds. The number of aromatic nitrogens is 2. The van der Waals surface area contributed by atoms with E-state index in [2.05, 4.69) is 237 Å². The molecule has 0 N–H and O–H groups in total. The van der Waals surface area contributed by atoms with Gasteiger partial charge in [-0.3, -0.25) is 0 Å². The first-order valence-corrected chi connectivity index (χ1v) is 22.8. The molecule has 0 aliphatic carbocycles. The van der Waals surface area contributed by atoms with E-state index in [0.29, 0.717) is 11.4 Å². The third-order valence-corrected chi connectivity index (χ3v) is 13.3. The molecule has 0 radical (unpaired) electrons. The highest BCUT2D eigenvalue weighted by molar-refractivity contribution is 6.25. The van der Waals surface area contributed by atoms with E-state index in [9.17, 15) is 0 Å². The van der Waals surface area contributed by atoms with Crippen molar-refractivity contribution in [2.24, 2.45) is 0 Å². The molecule has 0 bridgehead atoms. The fourth-order valence-electron chi connectivity index (χ4n) is 9.94. The molecule has 312 valence electrons. The number of fused-ring (bicyclic) bond motifs is 9. The van der Waals surface area contributed by atoms with E-state index in [4.69, 9.17) is 14.4 Å². The van der Waals surface area contributed by atoms with Gasteiger partial charge in [0.2, 0.25) is 0 Å². The molecule has 13 rings (SSSR count). The summed E-state index contributed by atoms with van der Waals surface area (Å²) in [6.07, 6.45) is 0. The van der Waals surface area contributed by atoms with Gasteiger partial charge in [0.15, 0.2) is 11.4 Å². The van der Waals surface area contributed by atoms with Crippen LogP contribution in [0.5, 0.6) is 0 Å². The fourth-order valence-corrected chi connectivity index (χ4v) is 9.94. The van der Waals surface area contributed by atoms with Crippen LogP contribution in [0.2, 0.25) is 0 Å². The van der Waals surface area contributed by atoms with Crippen LogP contribution in [0.1, 0.15) is 0 Å². The highest BCUT2D eigenvalue weighted by Gasteiger charge is 2.20. The number of nitrogens with zero attached hydrogens (tertiary/aromatic N) is 2. The Balaban J connectivity index is 0.944. The van der Waals surface area contributed by atoms with Gasteiger partial charge in [0.1, 0.15) is 16.8 Å². The van der Waals surface area contributed by atoms with Crippen molar-refractivity contribution in [2.45, 2.75) is 0 Å². The van der Waals surface area contributed by atoms with Gasteiger partial charge >= 0.3 is 0 Å². The minimum absolute atomic E-state index is 0.642. The molecular formula is C64H40N2O. The molecule has 0 saturated heterocycles. The Morgan fingerprint density at radius 3 is 1.16 bits per heavy atom. The maximum absolute atomic E-state index is 6.80. The van der Waals surface area contributed by atoms with Crippen LogP contribution >= 0.6 is 0 Å². The smallest absolute Gasteiger partial charge is 0.180 e. The number of rotatable bonds is 7. The predicted molar refractivity (Wildman–Crippen MR) is 280 cm³/mol. The van der Waals surface area contributed by atoms with Gasteiger partial charge in [0.05, 0.1) is 0 Å². The van der Waals surface area contributed by atoms with Crippen LogP contribution in [0.3, 0.4) is 0 Å². The van der Waals surface area contributed by atoms with Crippen molar-refractivity contribution in [1.29, 1.82) is 0 Å². The monoisotopic (exact) mass is 852 g/mol. The maximum Gasteiger partial charge on any atom is 0.180 e. The summed E-state index contributed by atoms with van der Waals surface area (Å²) in [6, 6.07) is 86.6. The first-order chi connectivity index (χ1) is 33.2. The fraction of sp³-hybridized carbons (Fsp3) is 0. The molecule has 0 fully saturated rings. The second kappa shape index (κ2) is 16.0. The molecule has 0 atom stereocenters. The lowest BCUT2D eigenvalue weighted by atomic mass is 9.91. The van der Waals surface area contributed by atoms with Gasteiger partial charge in [-0.05, 0) is 130 Å². The Labute approximate surface area is 387 Å². The number of benzene rings is 11. The van der Waals surface area contributed by atoms with Crippen molar-refractivity contribution in [2.75, 3.05) is 0 Å². The summed E-state index contributed by atoms with van der Waals surface area (Å²) in [5.41, 5.74) is 16.2. The molecule has 2 aromatic heterocycles. The minimum atomic E-state index is 0.642.